The standard InChI is InChI=1S/C12H10BrClN2O2/c1-6-3-8(4-7(2)10(6)14)18-12-9(13)11(17)15-5-16-12/h3-5H,1-2H3,(H,15,16,17). The van der Waals surface area contributed by atoms with Crippen LogP contribution in [0.1, 0.15) is 11.1 Å². The third-order valence-electron chi connectivity index (χ3n) is 2.39. The van der Waals surface area contributed by atoms with E-state index in [-0.39, 0.29) is 15.9 Å². The largest absolute Gasteiger partial charge is 0.438 e. The van der Waals surface area contributed by atoms with Crippen LogP contribution in [0.4, 0.5) is 0 Å². The van der Waals surface area contributed by atoms with Crippen molar-refractivity contribution >= 4 is 27.5 Å². The van der Waals surface area contributed by atoms with Crippen molar-refractivity contribution in [2.45, 2.75) is 13.8 Å². The number of benzene rings is 1. The molecule has 1 aromatic carbocycles. The lowest BCUT2D eigenvalue weighted by molar-refractivity contribution is 0.456. The minimum Gasteiger partial charge on any atom is -0.438 e. The van der Waals surface area contributed by atoms with Crippen molar-refractivity contribution in [1.82, 2.24) is 9.97 Å². The number of aromatic nitrogens is 2. The lowest BCUT2D eigenvalue weighted by atomic mass is 10.1. The molecule has 0 radical (unpaired) electrons. The van der Waals surface area contributed by atoms with Crippen LogP contribution >= 0.6 is 27.5 Å². The minimum absolute atomic E-state index is 0.222. The summed E-state index contributed by atoms with van der Waals surface area (Å²) in [5.74, 6) is 0.813. The molecule has 2 rings (SSSR count). The molecule has 0 bridgehead atoms. The van der Waals surface area contributed by atoms with Gasteiger partial charge in [-0.05, 0) is 53.0 Å². The van der Waals surface area contributed by atoms with E-state index in [0.29, 0.717) is 10.8 Å². The van der Waals surface area contributed by atoms with Gasteiger partial charge in [-0.25, -0.2) is 4.98 Å². The van der Waals surface area contributed by atoms with Crippen LogP contribution in [0.15, 0.2) is 27.7 Å². The summed E-state index contributed by atoms with van der Waals surface area (Å²) in [4.78, 5) is 17.8. The average molecular weight is 330 g/mol. The highest BCUT2D eigenvalue weighted by molar-refractivity contribution is 9.10. The SMILES string of the molecule is Cc1cc(Oc2nc[nH]c(=O)c2Br)cc(C)c1Cl. The van der Waals surface area contributed by atoms with Gasteiger partial charge in [-0.2, -0.15) is 0 Å². The first-order valence-corrected chi connectivity index (χ1v) is 6.34. The van der Waals surface area contributed by atoms with Crippen molar-refractivity contribution in [3.8, 4) is 11.6 Å². The summed E-state index contributed by atoms with van der Waals surface area (Å²) in [6, 6.07) is 3.59. The van der Waals surface area contributed by atoms with Gasteiger partial charge < -0.3 is 9.72 Å². The topological polar surface area (TPSA) is 55.0 Å². The van der Waals surface area contributed by atoms with Crippen molar-refractivity contribution in [3.63, 3.8) is 0 Å². The highest BCUT2D eigenvalue weighted by Gasteiger charge is 2.09. The van der Waals surface area contributed by atoms with Crippen LogP contribution in [0, 0.1) is 13.8 Å². The fourth-order valence-electron chi connectivity index (χ4n) is 1.51. The van der Waals surface area contributed by atoms with Gasteiger partial charge in [-0.3, -0.25) is 4.79 Å². The van der Waals surface area contributed by atoms with Gasteiger partial charge in [-0.15, -0.1) is 0 Å². The van der Waals surface area contributed by atoms with Crippen molar-refractivity contribution in [1.29, 1.82) is 0 Å². The fraction of sp³-hybridized carbons (Fsp3) is 0.167. The van der Waals surface area contributed by atoms with Gasteiger partial charge in [0.1, 0.15) is 10.2 Å². The maximum Gasteiger partial charge on any atom is 0.268 e. The average Bonchev–Trinajstić information content (AvgIpc) is 2.32. The van der Waals surface area contributed by atoms with Crippen LogP contribution in [0.3, 0.4) is 0 Å². The number of hydrogen-bond donors (Lipinski definition) is 1. The lowest BCUT2D eigenvalue weighted by Crippen LogP contribution is -2.08. The number of aromatic amines is 1. The molecule has 0 unspecified atom stereocenters. The Balaban J connectivity index is 2.40. The van der Waals surface area contributed by atoms with Crippen molar-refractivity contribution in [2.75, 3.05) is 0 Å². The quantitative estimate of drug-likeness (QED) is 0.916. The number of nitrogens with zero attached hydrogens (tertiary/aromatic N) is 1. The predicted octanol–water partition coefficient (Wildman–Crippen LogP) is 3.59. The summed E-state index contributed by atoms with van der Waals surface area (Å²) in [6.45, 7) is 3.78. The van der Waals surface area contributed by atoms with Crippen molar-refractivity contribution in [3.05, 3.63) is 49.4 Å². The van der Waals surface area contributed by atoms with E-state index >= 15 is 0 Å². The Morgan fingerprint density at radius 2 is 1.94 bits per heavy atom. The normalized spacial score (nSPS) is 10.4. The van der Waals surface area contributed by atoms with Crippen LogP contribution in [0.2, 0.25) is 5.02 Å². The summed E-state index contributed by atoms with van der Waals surface area (Å²) < 4.78 is 5.83. The van der Waals surface area contributed by atoms with Gasteiger partial charge >= 0.3 is 0 Å². The van der Waals surface area contributed by atoms with Crippen LogP contribution < -0.4 is 10.3 Å². The smallest absolute Gasteiger partial charge is 0.268 e. The molecule has 0 atom stereocenters. The molecule has 0 aliphatic carbocycles. The molecule has 0 fully saturated rings. The number of rotatable bonds is 2. The Bertz CT molecular complexity index is 632. The maximum absolute atomic E-state index is 11.4. The van der Waals surface area contributed by atoms with E-state index in [9.17, 15) is 4.79 Å². The van der Waals surface area contributed by atoms with Gasteiger partial charge in [0.2, 0.25) is 5.88 Å². The Morgan fingerprint density at radius 3 is 2.56 bits per heavy atom. The van der Waals surface area contributed by atoms with E-state index in [1.807, 2.05) is 13.8 Å². The number of aryl methyl sites for hydroxylation is 2. The molecular formula is C12H10BrClN2O2. The molecule has 4 nitrogen and oxygen atoms in total. The highest BCUT2D eigenvalue weighted by atomic mass is 79.9. The Kier molecular flexibility index (Phi) is 3.73. The Hall–Kier alpha value is -1.33. The van der Waals surface area contributed by atoms with E-state index in [4.69, 9.17) is 16.3 Å². The number of nitrogens with one attached hydrogen (secondary N) is 1. The van der Waals surface area contributed by atoms with E-state index in [2.05, 4.69) is 25.9 Å². The highest BCUT2D eigenvalue weighted by Crippen LogP contribution is 2.30. The first-order valence-electron chi connectivity index (χ1n) is 5.17. The summed E-state index contributed by atoms with van der Waals surface area (Å²) in [5, 5.41) is 0.709. The van der Waals surface area contributed by atoms with Gasteiger partial charge in [0.25, 0.3) is 5.56 Å². The minimum atomic E-state index is -0.289. The van der Waals surface area contributed by atoms with E-state index in [1.165, 1.54) is 6.33 Å². The molecule has 2 aromatic rings. The summed E-state index contributed by atoms with van der Waals surface area (Å²) in [5.41, 5.74) is 1.53. The third-order valence-corrected chi connectivity index (χ3v) is 3.68. The molecule has 0 amide bonds. The molecule has 18 heavy (non-hydrogen) atoms. The predicted molar refractivity (Wildman–Crippen MR) is 73.6 cm³/mol. The van der Waals surface area contributed by atoms with Gasteiger partial charge in [0, 0.05) is 5.02 Å². The van der Waals surface area contributed by atoms with E-state index < -0.39 is 0 Å². The summed E-state index contributed by atoms with van der Waals surface area (Å²) in [6.07, 6.45) is 1.29. The second-order valence-corrected chi connectivity index (χ2v) is 4.99. The van der Waals surface area contributed by atoms with Crippen LogP contribution in [0.5, 0.6) is 11.6 Å². The molecule has 1 heterocycles. The number of hydrogen-bond acceptors (Lipinski definition) is 3. The monoisotopic (exact) mass is 328 g/mol. The van der Waals surface area contributed by atoms with Crippen LogP contribution in [0.25, 0.3) is 0 Å². The number of ether oxygens (including phenoxy) is 1. The van der Waals surface area contributed by atoms with Gasteiger partial charge in [0.15, 0.2) is 0 Å². The van der Waals surface area contributed by atoms with Crippen molar-refractivity contribution < 1.29 is 4.74 Å². The summed E-state index contributed by atoms with van der Waals surface area (Å²) >= 11 is 9.21. The summed E-state index contributed by atoms with van der Waals surface area (Å²) in [7, 11) is 0. The van der Waals surface area contributed by atoms with Gasteiger partial charge in [0.05, 0.1) is 6.33 Å². The van der Waals surface area contributed by atoms with Gasteiger partial charge in [-0.1, -0.05) is 11.6 Å². The zero-order valence-electron chi connectivity index (χ0n) is 9.75. The fourth-order valence-corrected chi connectivity index (χ4v) is 1.92. The van der Waals surface area contributed by atoms with E-state index in [1.54, 1.807) is 12.1 Å². The van der Waals surface area contributed by atoms with Crippen LogP contribution in [-0.4, -0.2) is 9.97 Å². The molecule has 0 saturated carbocycles. The molecule has 0 aliphatic rings. The Labute approximate surface area is 117 Å². The molecule has 94 valence electrons. The second-order valence-electron chi connectivity index (χ2n) is 3.82. The maximum atomic E-state index is 11.4. The van der Waals surface area contributed by atoms with Crippen LogP contribution in [-0.2, 0) is 0 Å². The molecular weight excluding hydrogens is 320 g/mol. The first kappa shape index (κ1) is 13.1. The number of halogens is 2. The zero-order valence-corrected chi connectivity index (χ0v) is 12.1. The third kappa shape index (κ3) is 2.57. The molecule has 0 spiro atoms. The van der Waals surface area contributed by atoms with E-state index in [0.717, 1.165) is 11.1 Å². The number of H-pyrrole nitrogens is 1. The molecule has 0 saturated heterocycles. The lowest BCUT2D eigenvalue weighted by Gasteiger charge is -2.09. The Morgan fingerprint density at radius 1 is 1.33 bits per heavy atom. The molecule has 6 heteroatoms. The molecule has 1 N–H and O–H groups in total. The van der Waals surface area contributed by atoms with Crippen molar-refractivity contribution in [2.24, 2.45) is 0 Å². The zero-order chi connectivity index (χ0) is 13.3. The molecule has 1 aromatic heterocycles. The molecule has 0 aliphatic heterocycles. The second kappa shape index (κ2) is 5.12. The first-order chi connectivity index (χ1) is 8.49.